The molecule has 1 aromatic heterocycles. The fourth-order valence-corrected chi connectivity index (χ4v) is 2.78. The van der Waals surface area contributed by atoms with Crippen molar-refractivity contribution in [3.8, 4) is 0 Å². The molecule has 2 aromatic rings. The number of aliphatic hydroxyl groups is 1. The number of nitrogens with zero attached hydrogens (tertiary/aromatic N) is 2. The first-order chi connectivity index (χ1) is 10.3. The molecule has 1 aliphatic rings. The van der Waals surface area contributed by atoms with Crippen LogP contribution in [0.4, 0.5) is 0 Å². The van der Waals surface area contributed by atoms with Gasteiger partial charge in [0, 0.05) is 25.7 Å². The Kier molecular flexibility index (Phi) is 4.31. The topological polar surface area (TPSA) is 69.2 Å². The van der Waals surface area contributed by atoms with E-state index in [9.17, 15) is 4.79 Å². The van der Waals surface area contributed by atoms with Crippen molar-refractivity contribution in [3.63, 3.8) is 0 Å². The second kappa shape index (κ2) is 6.37. The van der Waals surface area contributed by atoms with Crippen molar-refractivity contribution >= 4 is 11.0 Å². The van der Waals surface area contributed by atoms with Gasteiger partial charge in [-0.2, -0.15) is 0 Å². The van der Waals surface area contributed by atoms with Crippen LogP contribution in [0.5, 0.6) is 0 Å². The van der Waals surface area contributed by atoms with Crippen molar-refractivity contribution < 1.29 is 5.11 Å². The lowest BCUT2D eigenvalue weighted by molar-refractivity contribution is 0.107. The third-order valence-electron chi connectivity index (χ3n) is 4.22. The number of aliphatic hydroxyl groups excluding tert-OH is 1. The molecule has 112 valence electrons. The highest BCUT2D eigenvalue weighted by molar-refractivity contribution is 5.73. The highest BCUT2D eigenvalue weighted by Gasteiger charge is 2.25. The number of nitrogens with one attached hydrogen (secondary N) is 1. The van der Waals surface area contributed by atoms with Gasteiger partial charge in [0.15, 0.2) is 0 Å². The Labute approximate surface area is 123 Å². The summed E-state index contributed by atoms with van der Waals surface area (Å²) in [7, 11) is 0. The summed E-state index contributed by atoms with van der Waals surface area (Å²) in [5.74, 6) is 0. The molecule has 1 fully saturated rings. The van der Waals surface area contributed by atoms with Gasteiger partial charge >= 0.3 is 0 Å². The number of fused-ring (bicyclic) bond motifs is 1. The van der Waals surface area contributed by atoms with Crippen molar-refractivity contribution in [2.24, 2.45) is 0 Å². The van der Waals surface area contributed by atoms with E-state index in [0.29, 0.717) is 18.3 Å². The molecule has 0 bridgehead atoms. The molecule has 0 spiro atoms. The van der Waals surface area contributed by atoms with Gasteiger partial charge in [0.2, 0.25) is 0 Å². The zero-order valence-electron chi connectivity index (χ0n) is 12.1. The van der Waals surface area contributed by atoms with Gasteiger partial charge < -0.3 is 10.1 Å². The molecule has 5 nitrogen and oxygen atoms in total. The normalized spacial score (nSPS) is 15.5. The molecule has 2 N–H and O–H groups in total. The molecule has 0 atom stereocenters. The number of aromatic amines is 1. The average molecular weight is 287 g/mol. The molecule has 1 aliphatic carbocycles. The van der Waals surface area contributed by atoms with Crippen molar-refractivity contribution in [1.82, 2.24) is 14.9 Å². The standard InChI is InChI=1S/C16H21N3O2/c20-10-4-9-19(12-5-3-6-12)11-15-16(21)18-14-8-2-1-7-13(14)17-15/h1-2,7-8,12,20H,3-6,9-11H2,(H,18,21). The Balaban J connectivity index is 1.84. The quantitative estimate of drug-likeness (QED) is 0.848. The predicted octanol–water partition coefficient (Wildman–Crippen LogP) is 1.66. The molecule has 0 radical (unpaired) electrons. The van der Waals surface area contributed by atoms with Crippen LogP contribution in [-0.2, 0) is 6.54 Å². The maximum absolute atomic E-state index is 12.2. The van der Waals surface area contributed by atoms with Crippen LogP contribution in [0.25, 0.3) is 11.0 Å². The molecule has 0 unspecified atom stereocenters. The first-order valence-electron chi connectivity index (χ1n) is 7.61. The summed E-state index contributed by atoms with van der Waals surface area (Å²) in [4.78, 5) is 21.9. The minimum absolute atomic E-state index is 0.109. The number of para-hydroxylation sites is 2. The van der Waals surface area contributed by atoms with E-state index in [1.807, 2.05) is 24.3 Å². The van der Waals surface area contributed by atoms with Crippen LogP contribution in [0.15, 0.2) is 29.1 Å². The highest BCUT2D eigenvalue weighted by atomic mass is 16.3. The Morgan fingerprint density at radius 3 is 2.86 bits per heavy atom. The summed E-state index contributed by atoms with van der Waals surface area (Å²) in [5.41, 5.74) is 2.06. The van der Waals surface area contributed by atoms with E-state index in [1.54, 1.807) is 0 Å². The van der Waals surface area contributed by atoms with E-state index in [4.69, 9.17) is 5.11 Å². The van der Waals surface area contributed by atoms with Crippen LogP contribution in [0.1, 0.15) is 31.4 Å². The van der Waals surface area contributed by atoms with Gasteiger partial charge in [-0.15, -0.1) is 0 Å². The maximum atomic E-state index is 12.2. The van der Waals surface area contributed by atoms with E-state index in [2.05, 4.69) is 14.9 Å². The maximum Gasteiger partial charge on any atom is 0.271 e. The van der Waals surface area contributed by atoms with Crippen LogP contribution < -0.4 is 5.56 Å². The van der Waals surface area contributed by atoms with Crippen molar-refractivity contribution in [3.05, 3.63) is 40.3 Å². The molecular formula is C16H21N3O2. The summed E-state index contributed by atoms with van der Waals surface area (Å²) in [5, 5.41) is 9.04. The Morgan fingerprint density at radius 2 is 2.14 bits per heavy atom. The number of rotatable bonds is 6. The van der Waals surface area contributed by atoms with E-state index < -0.39 is 0 Å². The number of hydrogen-bond acceptors (Lipinski definition) is 4. The summed E-state index contributed by atoms with van der Waals surface area (Å²) in [6.45, 7) is 1.56. The van der Waals surface area contributed by atoms with Crippen LogP contribution >= 0.6 is 0 Å². The molecule has 5 heteroatoms. The lowest BCUT2D eigenvalue weighted by atomic mass is 9.91. The molecule has 3 rings (SSSR count). The molecule has 1 aromatic carbocycles. The largest absolute Gasteiger partial charge is 0.396 e. The van der Waals surface area contributed by atoms with Gasteiger partial charge in [-0.25, -0.2) is 4.98 Å². The SMILES string of the molecule is O=c1[nH]c2ccccc2nc1CN(CCCO)C1CCC1. The van der Waals surface area contributed by atoms with Gasteiger partial charge in [-0.1, -0.05) is 18.6 Å². The molecule has 1 saturated carbocycles. The molecule has 0 aliphatic heterocycles. The second-order valence-corrected chi connectivity index (χ2v) is 5.66. The van der Waals surface area contributed by atoms with Gasteiger partial charge in [0.25, 0.3) is 5.56 Å². The summed E-state index contributed by atoms with van der Waals surface area (Å²) < 4.78 is 0. The average Bonchev–Trinajstić information content (AvgIpc) is 2.43. The van der Waals surface area contributed by atoms with Crippen LogP contribution in [0.3, 0.4) is 0 Å². The summed E-state index contributed by atoms with van der Waals surface area (Å²) in [6.07, 6.45) is 4.34. The Bertz CT molecular complexity index is 664. The second-order valence-electron chi connectivity index (χ2n) is 5.66. The molecule has 1 heterocycles. The lowest BCUT2D eigenvalue weighted by Crippen LogP contribution is -2.41. The fourth-order valence-electron chi connectivity index (χ4n) is 2.78. The van der Waals surface area contributed by atoms with E-state index in [1.165, 1.54) is 19.3 Å². The van der Waals surface area contributed by atoms with Crippen molar-refractivity contribution in [2.75, 3.05) is 13.2 Å². The number of aromatic nitrogens is 2. The molecule has 0 saturated heterocycles. The lowest BCUT2D eigenvalue weighted by Gasteiger charge is -2.37. The molecular weight excluding hydrogens is 266 g/mol. The minimum atomic E-state index is -0.109. The Hall–Kier alpha value is -1.72. The van der Waals surface area contributed by atoms with Crippen molar-refractivity contribution in [2.45, 2.75) is 38.3 Å². The first-order valence-corrected chi connectivity index (χ1v) is 7.61. The van der Waals surface area contributed by atoms with E-state index in [-0.39, 0.29) is 12.2 Å². The first kappa shape index (κ1) is 14.2. The van der Waals surface area contributed by atoms with E-state index in [0.717, 1.165) is 24.0 Å². The monoisotopic (exact) mass is 287 g/mol. The van der Waals surface area contributed by atoms with Gasteiger partial charge in [0.1, 0.15) is 5.69 Å². The van der Waals surface area contributed by atoms with Crippen molar-refractivity contribution in [1.29, 1.82) is 0 Å². The minimum Gasteiger partial charge on any atom is -0.396 e. The third kappa shape index (κ3) is 3.14. The predicted molar refractivity (Wildman–Crippen MR) is 82.1 cm³/mol. The van der Waals surface area contributed by atoms with Gasteiger partial charge in [-0.05, 0) is 31.4 Å². The zero-order chi connectivity index (χ0) is 14.7. The van der Waals surface area contributed by atoms with Crippen LogP contribution in [-0.4, -0.2) is 39.2 Å². The Morgan fingerprint density at radius 1 is 1.33 bits per heavy atom. The van der Waals surface area contributed by atoms with Gasteiger partial charge in [-0.3, -0.25) is 9.69 Å². The summed E-state index contributed by atoms with van der Waals surface area (Å²) >= 11 is 0. The molecule has 21 heavy (non-hydrogen) atoms. The fraction of sp³-hybridized carbons (Fsp3) is 0.500. The smallest absolute Gasteiger partial charge is 0.271 e. The molecule has 0 amide bonds. The highest BCUT2D eigenvalue weighted by Crippen LogP contribution is 2.25. The number of hydrogen-bond donors (Lipinski definition) is 2. The zero-order valence-corrected chi connectivity index (χ0v) is 12.1. The number of H-pyrrole nitrogens is 1. The van der Waals surface area contributed by atoms with Gasteiger partial charge in [0.05, 0.1) is 11.0 Å². The van der Waals surface area contributed by atoms with Crippen LogP contribution in [0.2, 0.25) is 0 Å². The summed E-state index contributed by atoms with van der Waals surface area (Å²) in [6, 6.07) is 8.12. The third-order valence-corrected chi connectivity index (χ3v) is 4.22. The van der Waals surface area contributed by atoms with E-state index >= 15 is 0 Å². The number of benzene rings is 1. The van der Waals surface area contributed by atoms with Crippen LogP contribution in [0, 0.1) is 0 Å².